The molecule has 0 heterocycles. The van der Waals surface area contributed by atoms with Gasteiger partial charge in [0, 0.05) is 24.4 Å². The number of sulfonamides is 1. The molecule has 0 aliphatic heterocycles. The standard InChI is InChI=1S/C24H23ClFN3O6S/c1-15(30)27-16-4-6-17(7-5-16)28-24(31)14-29(18-8-10-21(26)20(25)12-18)36(32,33)19-9-11-22(34-2)23(13-19)35-3/h4-13H,14H2,1-3H3,(H,27,30)(H,28,31). The van der Waals surface area contributed by atoms with Gasteiger partial charge in [0.05, 0.1) is 29.8 Å². The number of nitrogens with one attached hydrogen (secondary N) is 2. The largest absolute Gasteiger partial charge is 0.493 e. The van der Waals surface area contributed by atoms with Crippen LogP contribution in [0.2, 0.25) is 5.02 Å². The summed E-state index contributed by atoms with van der Waals surface area (Å²) in [6.45, 7) is 0.719. The van der Waals surface area contributed by atoms with E-state index in [9.17, 15) is 22.4 Å². The molecule has 0 bridgehead atoms. The highest BCUT2D eigenvalue weighted by Crippen LogP contribution is 2.33. The lowest BCUT2D eigenvalue weighted by Crippen LogP contribution is -2.38. The number of carbonyl (C=O) groups excluding carboxylic acids is 2. The van der Waals surface area contributed by atoms with Crippen LogP contribution < -0.4 is 24.4 Å². The first kappa shape index (κ1) is 26.8. The maximum Gasteiger partial charge on any atom is 0.264 e. The van der Waals surface area contributed by atoms with Gasteiger partial charge in [0.1, 0.15) is 12.4 Å². The lowest BCUT2D eigenvalue weighted by molar-refractivity contribution is -0.115. The maximum atomic E-state index is 13.8. The number of methoxy groups -OCH3 is 2. The number of carbonyl (C=O) groups is 2. The summed E-state index contributed by atoms with van der Waals surface area (Å²) < 4.78 is 52.2. The van der Waals surface area contributed by atoms with Gasteiger partial charge < -0.3 is 20.1 Å². The molecule has 0 atom stereocenters. The van der Waals surface area contributed by atoms with Gasteiger partial charge >= 0.3 is 0 Å². The van der Waals surface area contributed by atoms with Gasteiger partial charge in [0.25, 0.3) is 10.0 Å². The number of anilines is 3. The van der Waals surface area contributed by atoms with E-state index in [1.54, 1.807) is 24.3 Å². The van der Waals surface area contributed by atoms with Gasteiger partial charge in [0.2, 0.25) is 11.8 Å². The molecule has 0 aliphatic rings. The first-order valence-electron chi connectivity index (χ1n) is 10.4. The van der Waals surface area contributed by atoms with Crippen LogP contribution in [-0.4, -0.2) is 41.0 Å². The minimum atomic E-state index is -4.34. The molecule has 0 spiro atoms. The van der Waals surface area contributed by atoms with Crippen molar-refractivity contribution < 1.29 is 31.9 Å². The van der Waals surface area contributed by atoms with Crippen LogP contribution in [0.5, 0.6) is 11.5 Å². The predicted molar refractivity (Wildman–Crippen MR) is 135 cm³/mol. The summed E-state index contributed by atoms with van der Waals surface area (Å²) in [7, 11) is -1.57. The smallest absolute Gasteiger partial charge is 0.264 e. The molecule has 2 N–H and O–H groups in total. The lowest BCUT2D eigenvalue weighted by atomic mass is 10.2. The summed E-state index contributed by atoms with van der Waals surface area (Å²) in [4.78, 5) is 23.9. The zero-order chi connectivity index (χ0) is 26.5. The van der Waals surface area contributed by atoms with Crippen LogP contribution >= 0.6 is 11.6 Å². The fourth-order valence-electron chi connectivity index (χ4n) is 3.23. The molecule has 3 rings (SSSR count). The predicted octanol–water partition coefficient (Wildman–Crippen LogP) is 4.29. The minimum Gasteiger partial charge on any atom is -0.493 e. The Balaban J connectivity index is 1.95. The average molecular weight is 536 g/mol. The second-order valence-electron chi connectivity index (χ2n) is 7.43. The Morgan fingerprint density at radius 2 is 1.53 bits per heavy atom. The van der Waals surface area contributed by atoms with E-state index in [0.29, 0.717) is 17.1 Å². The average Bonchev–Trinajstić information content (AvgIpc) is 2.84. The second-order valence-corrected chi connectivity index (χ2v) is 9.70. The Hall–Kier alpha value is -3.83. The Morgan fingerprint density at radius 3 is 2.08 bits per heavy atom. The molecule has 2 amide bonds. The third-order valence-corrected chi connectivity index (χ3v) is 6.97. The zero-order valence-corrected chi connectivity index (χ0v) is 21.1. The zero-order valence-electron chi connectivity index (χ0n) is 19.5. The van der Waals surface area contributed by atoms with Gasteiger partial charge in [0.15, 0.2) is 11.5 Å². The molecule has 3 aromatic rings. The molecule has 12 heteroatoms. The summed E-state index contributed by atoms with van der Waals surface area (Å²) in [5, 5.41) is 4.90. The molecule has 190 valence electrons. The van der Waals surface area contributed by atoms with Gasteiger partial charge in [-0.1, -0.05) is 11.6 Å². The monoisotopic (exact) mass is 535 g/mol. The Bertz CT molecular complexity index is 1380. The highest BCUT2D eigenvalue weighted by molar-refractivity contribution is 7.92. The van der Waals surface area contributed by atoms with Crippen LogP contribution in [0.25, 0.3) is 0 Å². The molecule has 0 fully saturated rings. The molecule has 0 saturated carbocycles. The highest BCUT2D eigenvalue weighted by atomic mass is 35.5. The molecule has 0 aliphatic carbocycles. The van der Waals surface area contributed by atoms with Crippen LogP contribution in [0.15, 0.2) is 65.6 Å². The van der Waals surface area contributed by atoms with E-state index < -0.39 is 28.3 Å². The Labute approximate surface area is 212 Å². The van der Waals surface area contributed by atoms with Crippen molar-refractivity contribution in [3.63, 3.8) is 0 Å². The molecule has 3 aromatic carbocycles. The number of rotatable bonds is 9. The Morgan fingerprint density at radius 1 is 0.917 bits per heavy atom. The molecular weight excluding hydrogens is 513 g/mol. The van der Waals surface area contributed by atoms with Crippen molar-refractivity contribution in [2.75, 3.05) is 35.7 Å². The fraction of sp³-hybridized carbons (Fsp3) is 0.167. The molecule has 9 nitrogen and oxygen atoms in total. The number of ether oxygens (including phenoxy) is 2. The maximum absolute atomic E-state index is 13.8. The van der Waals surface area contributed by atoms with Crippen molar-refractivity contribution >= 4 is 50.5 Å². The molecule has 0 saturated heterocycles. The van der Waals surface area contributed by atoms with E-state index in [2.05, 4.69) is 10.6 Å². The summed E-state index contributed by atoms with van der Waals surface area (Å²) in [6.07, 6.45) is 0. The third-order valence-electron chi connectivity index (χ3n) is 4.91. The van der Waals surface area contributed by atoms with E-state index in [0.717, 1.165) is 16.4 Å². The molecule has 0 unspecified atom stereocenters. The molecule has 0 radical (unpaired) electrons. The molecule has 0 aromatic heterocycles. The summed E-state index contributed by atoms with van der Waals surface area (Å²) >= 11 is 5.89. The fourth-order valence-corrected chi connectivity index (χ4v) is 4.83. The first-order valence-corrected chi connectivity index (χ1v) is 12.2. The van der Waals surface area contributed by atoms with Crippen molar-refractivity contribution in [1.82, 2.24) is 0 Å². The number of hydrogen-bond donors (Lipinski definition) is 2. The number of halogens is 2. The van der Waals surface area contributed by atoms with Crippen LogP contribution in [0.3, 0.4) is 0 Å². The number of amides is 2. The van der Waals surface area contributed by atoms with Crippen molar-refractivity contribution in [2.24, 2.45) is 0 Å². The SMILES string of the molecule is COc1ccc(S(=O)(=O)N(CC(=O)Nc2ccc(NC(C)=O)cc2)c2ccc(F)c(Cl)c2)cc1OC. The number of hydrogen-bond acceptors (Lipinski definition) is 6. The van der Waals surface area contributed by atoms with Gasteiger partial charge in [-0.15, -0.1) is 0 Å². The van der Waals surface area contributed by atoms with E-state index in [1.165, 1.54) is 45.4 Å². The van der Waals surface area contributed by atoms with E-state index in [4.69, 9.17) is 21.1 Å². The van der Waals surface area contributed by atoms with Gasteiger partial charge in [-0.3, -0.25) is 13.9 Å². The second kappa shape index (κ2) is 11.3. The third kappa shape index (κ3) is 6.23. The van der Waals surface area contributed by atoms with Crippen LogP contribution in [0.1, 0.15) is 6.92 Å². The van der Waals surface area contributed by atoms with Crippen LogP contribution in [-0.2, 0) is 19.6 Å². The summed E-state index contributed by atoms with van der Waals surface area (Å²) in [5.41, 5.74) is 0.876. The summed E-state index contributed by atoms with van der Waals surface area (Å²) in [5.74, 6) is -1.19. The highest BCUT2D eigenvalue weighted by Gasteiger charge is 2.29. The van der Waals surface area contributed by atoms with Gasteiger partial charge in [-0.05, 0) is 54.6 Å². The van der Waals surface area contributed by atoms with Crippen molar-refractivity contribution in [1.29, 1.82) is 0 Å². The Kier molecular flexibility index (Phi) is 8.38. The lowest BCUT2D eigenvalue weighted by Gasteiger charge is -2.25. The van der Waals surface area contributed by atoms with Crippen molar-refractivity contribution in [2.45, 2.75) is 11.8 Å². The summed E-state index contributed by atoms with van der Waals surface area (Å²) in [6, 6.07) is 13.5. The number of benzene rings is 3. The van der Waals surface area contributed by atoms with Crippen molar-refractivity contribution in [3.05, 3.63) is 71.5 Å². The van der Waals surface area contributed by atoms with E-state index in [1.807, 2.05) is 0 Å². The van der Waals surface area contributed by atoms with E-state index in [-0.39, 0.29) is 27.3 Å². The minimum absolute atomic E-state index is 0.0210. The van der Waals surface area contributed by atoms with Gasteiger partial charge in [-0.25, -0.2) is 12.8 Å². The van der Waals surface area contributed by atoms with Crippen LogP contribution in [0, 0.1) is 5.82 Å². The van der Waals surface area contributed by atoms with Gasteiger partial charge in [-0.2, -0.15) is 0 Å². The topological polar surface area (TPSA) is 114 Å². The van der Waals surface area contributed by atoms with E-state index >= 15 is 0 Å². The normalized spacial score (nSPS) is 10.9. The first-order chi connectivity index (χ1) is 17.0. The molecular formula is C24H23ClFN3O6S. The molecule has 36 heavy (non-hydrogen) atoms. The van der Waals surface area contributed by atoms with Crippen LogP contribution in [0.4, 0.5) is 21.5 Å². The quantitative estimate of drug-likeness (QED) is 0.422. The van der Waals surface area contributed by atoms with Crippen molar-refractivity contribution in [3.8, 4) is 11.5 Å². The number of nitrogens with zero attached hydrogens (tertiary/aromatic N) is 1.